The maximum Gasteiger partial charge on any atom is 0.393 e. The summed E-state index contributed by atoms with van der Waals surface area (Å²) < 4.78 is 37.1. The highest BCUT2D eigenvalue weighted by Crippen LogP contribution is 2.52. The van der Waals surface area contributed by atoms with E-state index in [1.54, 1.807) is 6.08 Å². The molecule has 0 spiro atoms. The lowest BCUT2D eigenvalue weighted by Crippen LogP contribution is -2.33. The summed E-state index contributed by atoms with van der Waals surface area (Å²) in [4.78, 5) is 0. The number of hydrogen-bond donors (Lipinski definition) is 0. The Morgan fingerprint density at radius 1 is 1.17 bits per heavy atom. The molecule has 0 radical (unpaired) electrons. The monoisotopic (exact) mass is 196 g/mol. The number of hydrogen-bond acceptors (Lipinski definition) is 0. The topological polar surface area (TPSA) is 0 Å². The van der Waals surface area contributed by atoms with Crippen molar-refractivity contribution in [3.05, 3.63) is 12.2 Å². The van der Waals surface area contributed by atoms with Crippen LogP contribution in [-0.2, 0) is 0 Å². The minimum Gasteiger partial charge on any atom is -0.171 e. The molecular weight excluding hydrogens is 189 g/mol. The standard InChI is InChI=1S/C8H8ClF3/c9-7-5-2-1-4(3-5)6(7)8(10,11)12/h1-2,4-7H,3H2. The predicted molar refractivity (Wildman–Crippen MR) is 39.9 cm³/mol. The van der Waals surface area contributed by atoms with Crippen LogP contribution in [0.25, 0.3) is 0 Å². The molecule has 0 aromatic carbocycles. The van der Waals surface area contributed by atoms with Gasteiger partial charge in [0.1, 0.15) is 0 Å². The van der Waals surface area contributed by atoms with E-state index in [2.05, 4.69) is 0 Å². The smallest absolute Gasteiger partial charge is 0.171 e. The molecule has 0 saturated heterocycles. The second kappa shape index (κ2) is 2.41. The minimum atomic E-state index is -4.13. The Kier molecular flexibility index (Phi) is 1.69. The second-order valence-electron chi connectivity index (χ2n) is 3.46. The first-order valence-corrected chi connectivity index (χ1v) is 4.33. The van der Waals surface area contributed by atoms with E-state index in [0.717, 1.165) is 0 Å². The number of halogens is 4. The fourth-order valence-electron chi connectivity index (χ4n) is 2.19. The first kappa shape index (κ1) is 8.42. The minimum absolute atomic E-state index is 0.0525. The van der Waals surface area contributed by atoms with Gasteiger partial charge in [-0.25, -0.2) is 0 Å². The Labute approximate surface area is 73.4 Å². The molecule has 2 aliphatic rings. The Bertz CT molecular complexity index is 221. The zero-order valence-electron chi connectivity index (χ0n) is 6.18. The third-order valence-corrected chi connectivity index (χ3v) is 3.34. The van der Waals surface area contributed by atoms with Crippen molar-refractivity contribution in [3.63, 3.8) is 0 Å². The van der Waals surface area contributed by atoms with Gasteiger partial charge in [-0.1, -0.05) is 12.2 Å². The Hall–Kier alpha value is -0.180. The molecule has 68 valence electrons. The van der Waals surface area contributed by atoms with E-state index in [-0.39, 0.29) is 11.8 Å². The van der Waals surface area contributed by atoms with E-state index >= 15 is 0 Å². The lowest BCUT2D eigenvalue weighted by atomic mass is 9.93. The van der Waals surface area contributed by atoms with E-state index in [1.807, 2.05) is 6.08 Å². The molecule has 12 heavy (non-hydrogen) atoms. The summed E-state index contributed by atoms with van der Waals surface area (Å²) >= 11 is 5.69. The summed E-state index contributed by atoms with van der Waals surface area (Å²) in [5.41, 5.74) is 0. The van der Waals surface area contributed by atoms with Crippen molar-refractivity contribution in [2.75, 3.05) is 0 Å². The summed E-state index contributed by atoms with van der Waals surface area (Å²) in [5.74, 6) is -1.73. The summed E-state index contributed by atoms with van der Waals surface area (Å²) in [7, 11) is 0. The van der Waals surface area contributed by atoms with Gasteiger partial charge in [-0.3, -0.25) is 0 Å². The third kappa shape index (κ3) is 1.06. The van der Waals surface area contributed by atoms with Gasteiger partial charge >= 0.3 is 6.18 Å². The largest absolute Gasteiger partial charge is 0.393 e. The molecule has 0 aliphatic heterocycles. The zero-order valence-corrected chi connectivity index (χ0v) is 6.94. The molecule has 0 aromatic rings. The van der Waals surface area contributed by atoms with E-state index in [4.69, 9.17) is 11.6 Å². The Morgan fingerprint density at radius 3 is 2.08 bits per heavy atom. The molecule has 2 aliphatic carbocycles. The average molecular weight is 197 g/mol. The van der Waals surface area contributed by atoms with Crippen molar-refractivity contribution in [2.24, 2.45) is 17.8 Å². The van der Waals surface area contributed by atoms with Crippen molar-refractivity contribution in [1.29, 1.82) is 0 Å². The van der Waals surface area contributed by atoms with Gasteiger partial charge in [-0.2, -0.15) is 13.2 Å². The summed E-state index contributed by atoms with van der Waals surface area (Å²) in [5, 5.41) is -0.736. The quantitative estimate of drug-likeness (QED) is 0.413. The molecular formula is C8H8ClF3. The van der Waals surface area contributed by atoms with Crippen LogP contribution in [-0.4, -0.2) is 11.6 Å². The van der Waals surface area contributed by atoms with E-state index in [0.29, 0.717) is 6.42 Å². The molecule has 1 fully saturated rings. The molecule has 1 saturated carbocycles. The van der Waals surface area contributed by atoms with Gasteiger partial charge in [-0.15, -0.1) is 11.6 Å². The SMILES string of the molecule is FC(F)(F)C1C2C=CC(C2)C1Cl. The number of rotatable bonds is 0. The van der Waals surface area contributed by atoms with E-state index < -0.39 is 17.5 Å². The van der Waals surface area contributed by atoms with Crippen molar-refractivity contribution in [3.8, 4) is 0 Å². The molecule has 0 aromatic heterocycles. The molecule has 2 bridgehead atoms. The van der Waals surface area contributed by atoms with Crippen LogP contribution in [0.5, 0.6) is 0 Å². The highest BCUT2D eigenvalue weighted by Gasteiger charge is 2.56. The average Bonchev–Trinajstić information content (AvgIpc) is 2.42. The van der Waals surface area contributed by atoms with Gasteiger partial charge in [-0.05, 0) is 18.3 Å². The van der Waals surface area contributed by atoms with Crippen molar-refractivity contribution < 1.29 is 13.2 Å². The molecule has 0 heterocycles. The Balaban J connectivity index is 2.24. The molecule has 4 heteroatoms. The van der Waals surface area contributed by atoms with Crippen LogP contribution in [0.2, 0.25) is 0 Å². The van der Waals surface area contributed by atoms with Crippen LogP contribution < -0.4 is 0 Å². The van der Waals surface area contributed by atoms with Crippen LogP contribution in [0.3, 0.4) is 0 Å². The lowest BCUT2D eigenvalue weighted by molar-refractivity contribution is -0.179. The summed E-state index contributed by atoms with van der Waals surface area (Å²) in [6.45, 7) is 0. The van der Waals surface area contributed by atoms with Crippen molar-refractivity contribution in [2.45, 2.75) is 18.0 Å². The second-order valence-corrected chi connectivity index (χ2v) is 3.96. The molecule has 2 rings (SSSR count). The van der Waals surface area contributed by atoms with Gasteiger partial charge < -0.3 is 0 Å². The number of fused-ring (bicyclic) bond motifs is 2. The highest BCUT2D eigenvalue weighted by molar-refractivity contribution is 6.21. The predicted octanol–water partition coefficient (Wildman–Crippen LogP) is 2.98. The van der Waals surface area contributed by atoms with Gasteiger partial charge in [0.2, 0.25) is 0 Å². The number of alkyl halides is 4. The highest BCUT2D eigenvalue weighted by atomic mass is 35.5. The maximum absolute atomic E-state index is 12.4. The molecule has 0 N–H and O–H groups in total. The van der Waals surface area contributed by atoms with Crippen LogP contribution in [0.15, 0.2) is 12.2 Å². The van der Waals surface area contributed by atoms with E-state index in [1.165, 1.54) is 0 Å². The fraction of sp³-hybridized carbons (Fsp3) is 0.750. The summed E-state index contributed by atoms with van der Waals surface area (Å²) in [6.07, 6.45) is -0.0821. The molecule has 0 amide bonds. The summed E-state index contributed by atoms with van der Waals surface area (Å²) in [6, 6.07) is 0. The molecule has 4 atom stereocenters. The third-order valence-electron chi connectivity index (χ3n) is 2.74. The number of allylic oxidation sites excluding steroid dienone is 2. The van der Waals surface area contributed by atoms with Crippen LogP contribution in [0, 0.1) is 17.8 Å². The first-order chi connectivity index (χ1) is 5.50. The normalized spacial score (nSPS) is 45.7. The Morgan fingerprint density at radius 2 is 1.75 bits per heavy atom. The van der Waals surface area contributed by atoms with E-state index in [9.17, 15) is 13.2 Å². The van der Waals surface area contributed by atoms with Gasteiger partial charge in [0.05, 0.1) is 11.3 Å². The van der Waals surface area contributed by atoms with Crippen molar-refractivity contribution >= 4 is 11.6 Å². The van der Waals surface area contributed by atoms with Gasteiger partial charge in [0.15, 0.2) is 0 Å². The van der Waals surface area contributed by atoms with Crippen molar-refractivity contribution in [1.82, 2.24) is 0 Å². The first-order valence-electron chi connectivity index (χ1n) is 3.89. The van der Waals surface area contributed by atoms with Gasteiger partial charge in [0.25, 0.3) is 0 Å². The molecule has 0 nitrogen and oxygen atoms in total. The lowest BCUT2D eigenvalue weighted by Gasteiger charge is -2.25. The zero-order chi connectivity index (χ0) is 8.93. The fourth-order valence-corrected chi connectivity index (χ4v) is 2.70. The van der Waals surface area contributed by atoms with Crippen LogP contribution in [0.1, 0.15) is 6.42 Å². The van der Waals surface area contributed by atoms with Gasteiger partial charge in [0, 0.05) is 0 Å². The van der Waals surface area contributed by atoms with Crippen LogP contribution >= 0.6 is 11.6 Å². The maximum atomic E-state index is 12.4. The van der Waals surface area contributed by atoms with Crippen LogP contribution in [0.4, 0.5) is 13.2 Å². The molecule has 4 unspecified atom stereocenters.